The van der Waals surface area contributed by atoms with E-state index in [1.54, 1.807) is 6.07 Å². The van der Waals surface area contributed by atoms with E-state index in [1.807, 2.05) is 56.1 Å². The summed E-state index contributed by atoms with van der Waals surface area (Å²) < 4.78 is 10.7. The first-order valence-electron chi connectivity index (χ1n) is 8.10. The largest absolute Gasteiger partial charge is 0.454 e. The van der Waals surface area contributed by atoms with Gasteiger partial charge >= 0.3 is 0 Å². The molecule has 0 bridgehead atoms. The molecule has 1 aliphatic rings. The van der Waals surface area contributed by atoms with E-state index in [0.717, 1.165) is 28.3 Å². The van der Waals surface area contributed by atoms with Crippen LogP contribution in [0.4, 0.5) is 5.69 Å². The molecular weight excluding hydrogens is 340 g/mol. The Morgan fingerprint density at radius 1 is 1.24 bits per heavy atom. The van der Waals surface area contributed by atoms with Crippen LogP contribution in [0.3, 0.4) is 0 Å². The molecule has 0 radical (unpaired) electrons. The highest BCUT2D eigenvalue weighted by Gasteiger charge is 2.20. The monoisotopic (exact) mass is 360 g/mol. The number of hydrogen-bond acceptors (Lipinski definition) is 4. The molecule has 1 aliphatic heterocycles. The lowest BCUT2D eigenvalue weighted by molar-refractivity contribution is -0.120. The van der Waals surface area contributed by atoms with Crippen molar-refractivity contribution >= 4 is 23.2 Å². The van der Waals surface area contributed by atoms with Gasteiger partial charge in [-0.2, -0.15) is 0 Å². The van der Waals surface area contributed by atoms with Crippen molar-refractivity contribution in [1.29, 1.82) is 0 Å². The predicted octanol–water partition coefficient (Wildman–Crippen LogP) is 3.84. The van der Waals surface area contributed by atoms with Crippen molar-refractivity contribution < 1.29 is 14.3 Å². The first-order valence-corrected chi connectivity index (χ1v) is 8.47. The maximum absolute atomic E-state index is 12.6. The average molecular weight is 361 g/mol. The van der Waals surface area contributed by atoms with Crippen molar-refractivity contribution in [2.75, 3.05) is 19.2 Å². The summed E-state index contributed by atoms with van der Waals surface area (Å²) in [5.74, 6) is 1.43. The van der Waals surface area contributed by atoms with Gasteiger partial charge in [-0.05, 0) is 56.3 Å². The van der Waals surface area contributed by atoms with Crippen LogP contribution in [-0.2, 0) is 11.3 Å². The molecular formula is C19H21ClN2O3. The Balaban J connectivity index is 1.64. The van der Waals surface area contributed by atoms with Gasteiger partial charge in [0.2, 0.25) is 12.7 Å². The van der Waals surface area contributed by atoms with Crippen LogP contribution < -0.4 is 14.8 Å². The molecule has 1 heterocycles. The third-order valence-corrected chi connectivity index (χ3v) is 4.60. The minimum atomic E-state index is -0.302. The van der Waals surface area contributed by atoms with E-state index in [4.69, 9.17) is 21.1 Å². The molecule has 1 atom stereocenters. The first-order chi connectivity index (χ1) is 11.9. The number of rotatable bonds is 5. The molecule has 0 saturated heterocycles. The second-order valence-electron chi connectivity index (χ2n) is 6.23. The quantitative estimate of drug-likeness (QED) is 0.880. The van der Waals surface area contributed by atoms with Crippen LogP contribution in [0, 0.1) is 6.92 Å². The van der Waals surface area contributed by atoms with Crippen molar-refractivity contribution in [1.82, 2.24) is 4.90 Å². The van der Waals surface area contributed by atoms with Crippen molar-refractivity contribution in [2.45, 2.75) is 26.4 Å². The van der Waals surface area contributed by atoms with Gasteiger partial charge in [0.1, 0.15) is 0 Å². The Bertz CT molecular complexity index is 794. The maximum Gasteiger partial charge on any atom is 0.241 e. The molecule has 1 amide bonds. The molecule has 2 aromatic rings. The summed E-state index contributed by atoms with van der Waals surface area (Å²) in [6.45, 7) is 4.70. The summed E-state index contributed by atoms with van der Waals surface area (Å²) in [6, 6.07) is 11.0. The van der Waals surface area contributed by atoms with E-state index >= 15 is 0 Å². The number of anilines is 1. The Morgan fingerprint density at radius 3 is 2.80 bits per heavy atom. The molecule has 5 nitrogen and oxygen atoms in total. The third kappa shape index (κ3) is 4.06. The Labute approximate surface area is 152 Å². The zero-order valence-electron chi connectivity index (χ0n) is 14.5. The van der Waals surface area contributed by atoms with E-state index < -0.39 is 0 Å². The number of amides is 1. The number of ether oxygens (including phenoxy) is 2. The molecule has 0 unspecified atom stereocenters. The second-order valence-corrected chi connectivity index (χ2v) is 6.66. The van der Waals surface area contributed by atoms with Gasteiger partial charge in [-0.25, -0.2) is 0 Å². The Hall–Kier alpha value is -2.24. The van der Waals surface area contributed by atoms with Crippen molar-refractivity contribution in [3.63, 3.8) is 0 Å². The molecule has 3 rings (SSSR count). The number of benzene rings is 2. The summed E-state index contributed by atoms with van der Waals surface area (Å²) in [6.07, 6.45) is 0. The summed E-state index contributed by atoms with van der Waals surface area (Å²) in [5.41, 5.74) is 2.77. The molecule has 132 valence electrons. The molecule has 0 spiro atoms. The molecule has 6 heteroatoms. The summed E-state index contributed by atoms with van der Waals surface area (Å²) in [7, 11) is 1.92. The van der Waals surface area contributed by atoms with Crippen LogP contribution in [-0.4, -0.2) is 30.7 Å². The summed E-state index contributed by atoms with van der Waals surface area (Å²) in [4.78, 5) is 14.5. The summed E-state index contributed by atoms with van der Waals surface area (Å²) in [5, 5.41) is 3.55. The van der Waals surface area contributed by atoms with Gasteiger partial charge in [0.25, 0.3) is 0 Å². The van der Waals surface area contributed by atoms with Crippen molar-refractivity contribution in [2.24, 2.45) is 0 Å². The number of fused-ring (bicyclic) bond motifs is 1. The average Bonchev–Trinajstić information content (AvgIpc) is 3.05. The van der Waals surface area contributed by atoms with Gasteiger partial charge in [-0.3, -0.25) is 9.69 Å². The highest BCUT2D eigenvalue weighted by molar-refractivity contribution is 6.31. The minimum absolute atomic E-state index is 0.0754. The highest BCUT2D eigenvalue weighted by atomic mass is 35.5. The molecule has 0 aliphatic carbocycles. The van der Waals surface area contributed by atoms with Crippen LogP contribution in [0.25, 0.3) is 0 Å². The zero-order chi connectivity index (χ0) is 18.0. The first kappa shape index (κ1) is 17.6. The van der Waals surface area contributed by atoms with E-state index in [9.17, 15) is 4.79 Å². The van der Waals surface area contributed by atoms with Crippen LogP contribution in [0.2, 0.25) is 5.02 Å². The predicted molar refractivity (Wildman–Crippen MR) is 98.3 cm³/mol. The number of nitrogens with zero attached hydrogens (tertiary/aromatic N) is 1. The number of likely N-dealkylation sites (N-methyl/N-ethyl adjacent to an activating group) is 1. The Morgan fingerprint density at radius 2 is 2.00 bits per heavy atom. The van der Waals surface area contributed by atoms with Gasteiger partial charge in [0.05, 0.1) is 6.04 Å². The third-order valence-electron chi connectivity index (χ3n) is 4.37. The lowest BCUT2D eigenvalue weighted by atomic mass is 10.1. The van der Waals surface area contributed by atoms with Crippen LogP contribution >= 0.6 is 11.6 Å². The van der Waals surface area contributed by atoms with E-state index in [2.05, 4.69) is 5.32 Å². The fourth-order valence-electron chi connectivity index (χ4n) is 2.63. The van der Waals surface area contributed by atoms with Crippen molar-refractivity contribution in [3.8, 4) is 11.5 Å². The van der Waals surface area contributed by atoms with E-state index in [-0.39, 0.29) is 18.7 Å². The molecule has 0 saturated carbocycles. The normalized spacial score (nSPS) is 13.8. The lowest BCUT2D eigenvalue weighted by Crippen LogP contribution is -2.39. The minimum Gasteiger partial charge on any atom is -0.454 e. The smallest absolute Gasteiger partial charge is 0.241 e. The molecule has 25 heavy (non-hydrogen) atoms. The molecule has 0 fully saturated rings. The zero-order valence-corrected chi connectivity index (χ0v) is 15.3. The molecule has 1 N–H and O–H groups in total. The maximum atomic E-state index is 12.6. The van der Waals surface area contributed by atoms with E-state index in [1.165, 1.54) is 0 Å². The topological polar surface area (TPSA) is 50.8 Å². The van der Waals surface area contributed by atoms with Gasteiger partial charge in [0.15, 0.2) is 11.5 Å². The Kier molecular flexibility index (Phi) is 5.16. The molecule has 2 aromatic carbocycles. The van der Waals surface area contributed by atoms with Gasteiger partial charge in [-0.15, -0.1) is 0 Å². The molecule has 0 aromatic heterocycles. The van der Waals surface area contributed by atoms with Gasteiger partial charge < -0.3 is 14.8 Å². The number of nitrogens with one attached hydrogen (secondary N) is 1. The van der Waals surface area contributed by atoms with Crippen LogP contribution in [0.15, 0.2) is 36.4 Å². The number of halogens is 1. The fraction of sp³-hybridized carbons (Fsp3) is 0.316. The van der Waals surface area contributed by atoms with Gasteiger partial charge in [-0.1, -0.05) is 23.7 Å². The van der Waals surface area contributed by atoms with Crippen molar-refractivity contribution in [3.05, 3.63) is 52.5 Å². The standard InChI is InChI=1S/C19H21ClN2O3/c1-12-4-6-15(20)9-16(12)21-19(23)13(2)22(3)10-14-5-7-17-18(8-14)25-11-24-17/h4-9,13H,10-11H2,1-3H3,(H,21,23)/t13-/m1/s1. The number of carbonyl (C=O) groups is 1. The fourth-order valence-corrected chi connectivity index (χ4v) is 2.80. The number of carbonyl (C=O) groups excluding carboxylic acids is 1. The van der Waals surface area contributed by atoms with Gasteiger partial charge in [0, 0.05) is 17.3 Å². The highest BCUT2D eigenvalue weighted by Crippen LogP contribution is 2.32. The van der Waals surface area contributed by atoms with Crippen LogP contribution in [0.5, 0.6) is 11.5 Å². The second kappa shape index (κ2) is 7.33. The number of aryl methyl sites for hydroxylation is 1. The summed E-state index contributed by atoms with van der Waals surface area (Å²) >= 11 is 6.01. The number of hydrogen-bond donors (Lipinski definition) is 1. The SMILES string of the molecule is Cc1ccc(Cl)cc1NC(=O)[C@@H](C)N(C)Cc1ccc2c(c1)OCO2. The lowest BCUT2D eigenvalue weighted by Gasteiger charge is -2.24. The van der Waals surface area contributed by atoms with Crippen LogP contribution in [0.1, 0.15) is 18.1 Å². The van der Waals surface area contributed by atoms with E-state index in [0.29, 0.717) is 11.6 Å².